The molecule has 294 valence electrons. The maximum atomic E-state index is 14.4. The van der Waals surface area contributed by atoms with Crippen LogP contribution < -0.4 is 30.1 Å². The summed E-state index contributed by atoms with van der Waals surface area (Å²) in [7, 11) is -0.735. The Morgan fingerprint density at radius 3 is 2.44 bits per heavy atom. The molecule has 2 saturated carbocycles. The molecule has 1 aromatic heterocycles. The molecule has 16 heteroatoms. The van der Waals surface area contributed by atoms with Crippen molar-refractivity contribution in [3.63, 3.8) is 0 Å². The third kappa shape index (κ3) is 8.86. The van der Waals surface area contributed by atoms with Gasteiger partial charge in [-0.15, -0.1) is 6.58 Å². The van der Waals surface area contributed by atoms with Gasteiger partial charge in [-0.25, -0.2) is 18.2 Å². The van der Waals surface area contributed by atoms with Crippen LogP contribution in [0.5, 0.6) is 11.5 Å². The Balaban J connectivity index is 1.32. The number of sulfonamides is 1. The number of likely N-dealkylation sites (tertiary alicyclic amines) is 1. The number of pyridine rings is 1. The van der Waals surface area contributed by atoms with Crippen molar-refractivity contribution in [2.75, 3.05) is 27.2 Å². The van der Waals surface area contributed by atoms with E-state index in [1.54, 1.807) is 53.1 Å². The Morgan fingerprint density at radius 1 is 1.09 bits per heavy atom. The predicted octanol–water partition coefficient (Wildman–Crippen LogP) is 3.04. The monoisotopic (exact) mass is 776 g/mol. The van der Waals surface area contributed by atoms with Gasteiger partial charge in [0.1, 0.15) is 40.8 Å². The Kier molecular flexibility index (Phi) is 11.1. The lowest BCUT2D eigenvalue weighted by Crippen LogP contribution is -2.59. The molecule has 0 radical (unpaired) electrons. The van der Waals surface area contributed by atoms with Crippen LogP contribution in [0, 0.1) is 5.92 Å². The van der Waals surface area contributed by atoms with E-state index in [-0.39, 0.29) is 25.9 Å². The van der Waals surface area contributed by atoms with E-state index in [1.165, 1.54) is 11.0 Å². The van der Waals surface area contributed by atoms with Crippen LogP contribution in [0.15, 0.2) is 67.3 Å². The highest BCUT2D eigenvalue weighted by Gasteiger charge is 2.62. The molecular weight excluding hydrogens is 729 g/mol. The number of benzene rings is 2. The highest BCUT2D eigenvalue weighted by molar-refractivity contribution is 7.91. The summed E-state index contributed by atoms with van der Waals surface area (Å²) < 4.78 is 45.1. The molecule has 3 fully saturated rings. The number of hydrogen-bond acceptors (Lipinski definition) is 11. The largest absolute Gasteiger partial charge is 0.497 e. The number of hydrogen-bond donors (Lipinski definition) is 4. The first-order valence-corrected chi connectivity index (χ1v) is 19.8. The predicted molar refractivity (Wildman–Crippen MR) is 205 cm³/mol. The molecule has 0 spiro atoms. The smallest absolute Gasteiger partial charge is 0.408 e. The zero-order chi connectivity index (χ0) is 39.7. The van der Waals surface area contributed by atoms with Crippen LogP contribution in [0.3, 0.4) is 0 Å². The van der Waals surface area contributed by atoms with Crippen LogP contribution in [-0.4, -0.2) is 104 Å². The first-order chi connectivity index (χ1) is 26.1. The lowest BCUT2D eigenvalue weighted by molar-refractivity contribution is -0.141. The van der Waals surface area contributed by atoms with E-state index >= 15 is 0 Å². The first-order valence-electron chi connectivity index (χ1n) is 18.2. The van der Waals surface area contributed by atoms with Gasteiger partial charge in [0.15, 0.2) is 0 Å². The van der Waals surface area contributed by atoms with Gasteiger partial charge >= 0.3 is 6.09 Å². The van der Waals surface area contributed by atoms with Crippen LogP contribution >= 0.6 is 0 Å². The van der Waals surface area contributed by atoms with Gasteiger partial charge in [0.05, 0.1) is 30.1 Å². The van der Waals surface area contributed by atoms with Crippen molar-refractivity contribution in [2.24, 2.45) is 5.92 Å². The van der Waals surface area contributed by atoms with Gasteiger partial charge in [0.25, 0.3) is 5.91 Å². The fourth-order valence-electron chi connectivity index (χ4n) is 6.79. The van der Waals surface area contributed by atoms with Crippen molar-refractivity contribution < 1.29 is 41.8 Å². The SMILES string of the molecule is C=C[C@@H]1C[C@]1(NC(=O)[C@@H]1C[C@@H](Oc2cc(-c3ccccc3)nc3cc(OC)ccc23)CN1C(=O)C(CNC)NC(=O)OC(C)(C)C)C(=O)NS(=O)(=O)C1CC1. The number of aromatic nitrogens is 1. The molecule has 1 aliphatic heterocycles. The summed E-state index contributed by atoms with van der Waals surface area (Å²) in [6.45, 7) is 8.81. The summed E-state index contributed by atoms with van der Waals surface area (Å²) in [4.78, 5) is 61.2. The van der Waals surface area contributed by atoms with Crippen molar-refractivity contribution in [1.82, 2.24) is 30.6 Å². The van der Waals surface area contributed by atoms with Crippen LogP contribution in [-0.2, 0) is 29.1 Å². The molecule has 2 aromatic carbocycles. The molecule has 3 aliphatic rings. The molecule has 4 N–H and O–H groups in total. The fourth-order valence-corrected chi connectivity index (χ4v) is 8.15. The number of fused-ring (bicyclic) bond motifs is 1. The van der Waals surface area contributed by atoms with Crippen molar-refractivity contribution in [3.05, 3.63) is 67.3 Å². The summed E-state index contributed by atoms with van der Waals surface area (Å²) in [5.74, 6) is -1.61. The first kappa shape index (κ1) is 39.5. The third-order valence-corrected chi connectivity index (χ3v) is 11.7. The zero-order valence-corrected chi connectivity index (χ0v) is 32.4. The van der Waals surface area contributed by atoms with Crippen LogP contribution in [0.1, 0.15) is 46.5 Å². The highest BCUT2D eigenvalue weighted by atomic mass is 32.2. The number of rotatable bonds is 14. The topological polar surface area (TPSA) is 194 Å². The summed E-state index contributed by atoms with van der Waals surface area (Å²) in [5.41, 5.74) is -0.334. The third-order valence-electron chi connectivity index (χ3n) is 9.84. The van der Waals surface area contributed by atoms with E-state index < -0.39 is 74.3 Å². The van der Waals surface area contributed by atoms with E-state index in [2.05, 4.69) is 27.3 Å². The minimum Gasteiger partial charge on any atom is -0.497 e. The summed E-state index contributed by atoms with van der Waals surface area (Å²) in [6, 6.07) is 14.4. The van der Waals surface area contributed by atoms with E-state index in [0.29, 0.717) is 40.9 Å². The van der Waals surface area contributed by atoms with Gasteiger partial charge in [0, 0.05) is 42.0 Å². The van der Waals surface area contributed by atoms with Crippen LogP contribution in [0.2, 0.25) is 0 Å². The maximum absolute atomic E-state index is 14.4. The van der Waals surface area contributed by atoms with Crippen molar-refractivity contribution in [1.29, 1.82) is 0 Å². The molecule has 3 aromatic rings. The number of ether oxygens (including phenoxy) is 3. The molecule has 15 nitrogen and oxygen atoms in total. The van der Waals surface area contributed by atoms with E-state index in [1.807, 2.05) is 36.4 Å². The van der Waals surface area contributed by atoms with Gasteiger partial charge < -0.3 is 35.1 Å². The van der Waals surface area contributed by atoms with Crippen LogP contribution in [0.4, 0.5) is 4.79 Å². The second kappa shape index (κ2) is 15.5. The molecule has 4 amide bonds. The molecule has 1 unspecified atom stereocenters. The Bertz CT molecular complexity index is 2090. The van der Waals surface area contributed by atoms with Crippen molar-refractivity contribution in [3.8, 4) is 22.8 Å². The van der Waals surface area contributed by atoms with Crippen molar-refractivity contribution >= 4 is 44.7 Å². The number of likely N-dealkylation sites (N-methyl/N-ethyl adjacent to an activating group) is 1. The van der Waals surface area contributed by atoms with Gasteiger partial charge in [-0.05, 0) is 59.2 Å². The number of carbonyl (C=O) groups is 4. The minimum atomic E-state index is -3.91. The number of alkyl carbamates (subject to hydrolysis) is 1. The molecular formula is C39H48N6O9S. The van der Waals surface area contributed by atoms with E-state index in [0.717, 1.165) is 5.56 Å². The van der Waals surface area contributed by atoms with Gasteiger partial charge in [-0.3, -0.25) is 19.1 Å². The van der Waals surface area contributed by atoms with Gasteiger partial charge in [-0.2, -0.15) is 0 Å². The molecule has 0 bridgehead atoms. The molecule has 6 rings (SSSR count). The number of nitrogens with one attached hydrogen (secondary N) is 4. The normalized spacial score (nSPS) is 22.6. The van der Waals surface area contributed by atoms with Gasteiger partial charge in [-0.1, -0.05) is 36.4 Å². The molecule has 2 heterocycles. The average molecular weight is 777 g/mol. The Hall–Kier alpha value is -5.22. The van der Waals surface area contributed by atoms with E-state index in [4.69, 9.17) is 19.2 Å². The van der Waals surface area contributed by atoms with Crippen molar-refractivity contribution in [2.45, 2.75) is 81.0 Å². The second-order valence-electron chi connectivity index (χ2n) is 15.2. The Labute approximate surface area is 320 Å². The molecule has 5 atom stereocenters. The highest BCUT2D eigenvalue weighted by Crippen LogP contribution is 2.45. The number of nitrogens with zero attached hydrogens (tertiary/aromatic N) is 2. The molecule has 55 heavy (non-hydrogen) atoms. The number of carbonyl (C=O) groups excluding carboxylic acids is 4. The fraction of sp³-hybridized carbons (Fsp3) is 0.462. The lowest BCUT2D eigenvalue weighted by Gasteiger charge is -2.30. The quantitative estimate of drug-likeness (QED) is 0.176. The lowest BCUT2D eigenvalue weighted by atomic mass is 10.1. The van der Waals surface area contributed by atoms with Gasteiger partial charge in [0.2, 0.25) is 21.8 Å². The summed E-state index contributed by atoms with van der Waals surface area (Å²) >= 11 is 0. The summed E-state index contributed by atoms with van der Waals surface area (Å²) in [6.07, 6.45) is 0.981. The Morgan fingerprint density at radius 2 is 1.82 bits per heavy atom. The molecule has 2 aliphatic carbocycles. The standard InChI is InChI=1S/C39H48N6O9S/c1-7-24-20-39(24,36(48)44-55(50,51)27-14-15-27)43-34(46)32-18-26(22-45(32)35(47)31(21-40-5)42-37(49)54-38(2,3)4)53-33-19-29(23-11-9-8-10-12-23)41-30-17-25(52-6)13-16-28(30)33/h7-13,16-17,19,24,26-27,31-32,40H,1,14-15,18,20-22H2,2-6H3,(H,42,49)(H,43,46)(H,44,48)/t24-,26-,31?,32+,39-/m1/s1. The molecule has 1 saturated heterocycles. The minimum absolute atomic E-state index is 0.00769. The number of methoxy groups -OCH3 is 1. The second-order valence-corrected chi connectivity index (χ2v) is 17.1. The number of amides is 4. The summed E-state index contributed by atoms with van der Waals surface area (Å²) in [5, 5.41) is 8.34. The maximum Gasteiger partial charge on any atom is 0.408 e. The van der Waals surface area contributed by atoms with E-state index in [9.17, 15) is 27.6 Å². The van der Waals surface area contributed by atoms with Crippen LogP contribution in [0.25, 0.3) is 22.2 Å². The zero-order valence-electron chi connectivity index (χ0n) is 31.6. The average Bonchev–Trinajstić information content (AvgIpc) is 4.07.